The Morgan fingerprint density at radius 2 is 1.90 bits per heavy atom. The van der Waals surface area contributed by atoms with Crippen molar-refractivity contribution in [2.24, 2.45) is 0 Å². The summed E-state index contributed by atoms with van der Waals surface area (Å²) in [6.45, 7) is 10.5. The molecule has 1 saturated heterocycles. The summed E-state index contributed by atoms with van der Waals surface area (Å²) in [5.74, 6) is 0.233. The molecule has 21 heavy (non-hydrogen) atoms. The maximum Gasteiger partial charge on any atom is 0.244 e. The van der Waals surface area contributed by atoms with Gasteiger partial charge in [0, 0.05) is 6.04 Å². The second kappa shape index (κ2) is 6.18. The number of carbonyl (C=O) groups is 1. The standard InChI is InChI=1S/C18H28N2O/c1-6-8-14(4)20-16(15-11-9-13(3)10-12-15)19-18(5,7-2)17(20)21/h9-12,14,16,19H,6-8H2,1-5H3. The molecule has 2 rings (SSSR count). The van der Waals surface area contributed by atoms with E-state index in [4.69, 9.17) is 0 Å². The van der Waals surface area contributed by atoms with E-state index in [1.807, 2.05) is 6.92 Å². The molecule has 1 aromatic rings. The molecule has 0 saturated carbocycles. The predicted molar refractivity (Wildman–Crippen MR) is 87.0 cm³/mol. The van der Waals surface area contributed by atoms with Crippen LogP contribution in [0.15, 0.2) is 24.3 Å². The van der Waals surface area contributed by atoms with Gasteiger partial charge in [-0.2, -0.15) is 0 Å². The van der Waals surface area contributed by atoms with Gasteiger partial charge in [-0.25, -0.2) is 0 Å². The Morgan fingerprint density at radius 3 is 2.43 bits per heavy atom. The van der Waals surface area contributed by atoms with Gasteiger partial charge in [-0.05, 0) is 39.2 Å². The maximum absolute atomic E-state index is 12.9. The highest BCUT2D eigenvalue weighted by Gasteiger charge is 2.48. The molecule has 1 fully saturated rings. The van der Waals surface area contributed by atoms with Crippen molar-refractivity contribution in [3.05, 3.63) is 35.4 Å². The van der Waals surface area contributed by atoms with E-state index in [1.165, 1.54) is 11.1 Å². The van der Waals surface area contributed by atoms with E-state index < -0.39 is 5.54 Å². The Balaban J connectivity index is 2.36. The zero-order valence-corrected chi connectivity index (χ0v) is 13.9. The lowest BCUT2D eigenvalue weighted by atomic mass is 9.99. The van der Waals surface area contributed by atoms with Crippen LogP contribution in [0.4, 0.5) is 0 Å². The second-order valence-electron chi connectivity index (χ2n) is 6.49. The van der Waals surface area contributed by atoms with Gasteiger partial charge in [0.1, 0.15) is 6.17 Å². The van der Waals surface area contributed by atoms with Gasteiger partial charge in [0.25, 0.3) is 0 Å². The molecule has 116 valence electrons. The lowest BCUT2D eigenvalue weighted by Crippen LogP contribution is -2.44. The predicted octanol–water partition coefficient (Wildman–Crippen LogP) is 3.78. The monoisotopic (exact) mass is 288 g/mol. The molecule has 0 spiro atoms. The van der Waals surface area contributed by atoms with Crippen molar-refractivity contribution in [2.75, 3.05) is 0 Å². The van der Waals surface area contributed by atoms with Gasteiger partial charge in [0.05, 0.1) is 5.54 Å². The fraction of sp³-hybridized carbons (Fsp3) is 0.611. The number of hydrogen-bond donors (Lipinski definition) is 1. The van der Waals surface area contributed by atoms with Gasteiger partial charge in [0.15, 0.2) is 0 Å². The molecular formula is C18H28N2O. The normalized spacial score (nSPS) is 27.2. The third-order valence-corrected chi connectivity index (χ3v) is 4.72. The molecule has 1 aliphatic heterocycles. The summed E-state index contributed by atoms with van der Waals surface area (Å²) < 4.78 is 0. The minimum atomic E-state index is -0.447. The summed E-state index contributed by atoms with van der Waals surface area (Å²) in [7, 11) is 0. The SMILES string of the molecule is CCCC(C)N1C(=O)C(C)(CC)NC1c1ccc(C)cc1. The van der Waals surface area contributed by atoms with E-state index in [1.54, 1.807) is 0 Å². The van der Waals surface area contributed by atoms with Crippen molar-refractivity contribution in [3.8, 4) is 0 Å². The number of aryl methyl sites for hydroxylation is 1. The molecule has 1 heterocycles. The van der Waals surface area contributed by atoms with Gasteiger partial charge in [-0.1, -0.05) is 50.1 Å². The zero-order valence-electron chi connectivity index (χ0n) is 13.9. The summed E-state index contributed by atoms with van der Waals surface area (Å²) in [5, 5.41) is 3.57. The average molecular weight is 288 g/mol. The molecule has 0 aromatic heterocycles. The van der Waals surface area contributed by atoms with E-state index in [-0.39, 0.29) is 18.1 Å². The maximum atomic E-state index is 12.9. The quantitative estimate of drug-likeness (QED) is 0.894. The zero-order chi connectivity index (χ0) is 15.6. The van der Waals surface area contributed by atoms with Gasteiger partial charge < -0.3 is 4.90 Å². The highest BCUT2D eigenvalue weighted by atomic mass is 16.2. The topological polar surface area (TPSA) is 32.3 Å². The fourth-order valence-electron chi connectivity index (χ4n) is 3.09. The third kappa shape index (κ3) is 2.98. The Bertz CT molecular complexity index is 496. The number of benzene rings is 1. The van der Waals surface area contributed by atoms with Gasteiger partial charge >= 0.3 is 0 Å². The Kier molecular flexibility index (Phi) is 4.72. The largest absolute Gasteiger partial charge is 0.319 e. The van der Waals surface area contributed by atoms with Crippen molar-refractivity contribution in [1.82, 2.24) is 10.2 Å². The van der Waals surface area contributed by atoms with E-state index in [9.17, 15) is 4.79 Å². The molecule has 0 radical (unpaired) electrons. The molecular weight excluding hydrogens is 260 g/mol. The first-order valence-electron chi connectivity index (χ1n) is 8.10. The summed E-state index contributed by atoms with van der Waals surface area (Å²) in [4.78, 5) is 14.9. The molecule has 3 nitrogen and oxygen atoms in total. The Morgan fingerprint density at radius 1 is 1.29 bits per heavy atom. The minimum absolute atomic E-state index is 0.00963. The molecule has 3 unspecified atom stereocenters. The number of hydrogen-bond acceptors (Lipinski definition) is 2. The Hall–Kier alpha value is -1.35. The van der Waals surface area contributed by atoms with Gasteiger partial charge in [0.2, 0.25) is 5.91 Å². The van der Waals surface area contributed by atoms with Gasteiger partial charge in [-0.15, -0.1) is 0 Å². The first-order chi connectivity index (χ1) is 9.92. The first kappa shape index (κ1) is 16.0. The third-order valence-electron chi connectivity index (χ3n) is 4.72. The molecule has 0 aliphatic carbocycles. The molecule has 0 bridgehead atoms. The van der Waals surface area contributed by atoms with E-state index >= 15 is 0 Å². The number of nitrogens with one attached hydrogen (secondary N) is 1. The van der Waals surface area contributed by atoms with Crippen LogP contribution in [0.25, 0.3) is 0 Å². The van der Waals surface area contributed by atoms with Crippen molar-refractivity contribution in [3.63, 3.8) is 0 Å². The molecule has 1 amide bonds. The minimum Gasteiger partial charge on any atom is -0.319 e. The van der Waals surface area contributed by atoms with Crippen LogP contribution in [0.3, 0.4) is 0 Å². The highest BCUT2D eigenvalue weighted by Crippen LogP contribution is 2.35. The van der Waals surface area contributed by atoms with E-state index in [0.29, 0.717) is 0 Å². The van der Waals surface area contributed by atoms with Crippen LogP contribution in [0.5, 0.6) is 0 Å². The molecule has 1 aromatic carbocycles. The number of carbonyl (C=O) groups excluding carboxylic acids is 1. The highest BCUT2D eigenvalue weighted by molar-refractivity contribution is 5.88. The van der Waals surface area contributed by atoms with Crippen LogP contribution in [-0.4, -0.2) is 22.4 Å². The van der Waals surface area contributed by atoms with Crippen LogP contribution >= 0.6 is 0 Å². The lowest BCUT2D eigenvalue weighted by molar-refractivity contribution is -0.135. The number of nitrogens with zero attached hydrogens (tertiary/aromatic N) is 1. The van der Waals surface area contributed by atoms with Crippen LogP contribution in [-0.2, 0) is 4.79 Å². The van der Waals surface area contributed by atoms with Crippen LogP contribution in [0.2, 0.25) is 0 Å². The molecule has 1 aliphatic rings. The second-order valence-corrected chi connectivity index (χ2v) is 6.49. The van der Waals surface area contributed by atoms with Crippen LogP contribution < -0.4 is 5.32 Å². The van der Waals surface area contributed by atoms with E-state index in [2.05, 4.69) is 62.2 Å². The average Bonchev–Trinajstić information content (AvgIpc) is 2.73. The lowest BCUT2D eigenvalue weighted by Gasteiger charge is -2.30. The number of rotatable bonds is 5. The van der Waals surface area contributed by atoms with Crippen LogP contribution in [0.1, 0.15) is 64.3 Å². The van der Waals surface area contributed by atoms with Crippen LogP contribution in [0, 0.1) is 6.92 Å². The van der Waals surface area contributed by atoms with E-state index in [0.717, 1.165) is 19.3 Å². The summed E-state index contributed by atoms with van der Waals surface area (Å²) in [5.41, 5.74) is 1.97. The van der Waals surface area contributed by atoms with Crippen molar-refractivity contribution in [2.45, 2.75) is 71.6 Å². The van der Waals surface area contributed by atoms with Gasteiger partial charge in [-0.3, -0.25) is 10.1 Å². The first-order valence-corrected chi connectivity index (χ1v) is 8.10. The van der Waals surface area contributed by atoms with Crippen molar-refractivity contribution in [1.29, 1.82) is 0 Å². The molecule has 1 N–H and O–H groups in total. The molecule has 3 atom stereocenters. The summed E-state index contributed by atoms with van der Waals surface area (Å²) >= 11 is 0. The Labute approximate surface area is 128 Å². The smallest absolute Gasteiger partial charge is 0.244 e. The number of amides is 1. The molecule has 3 heteroatoms. The van der Waals surface area contributed by atoms with Crippen molar-refractivity contribution >= 4 is 5.91 Å². The van der Waals surface area contributed by atoms with Crippen molar-refractivity contribution < 1.29 is 4.79 Å². The summed E-state index contributed by atoms with van der Waals surface area (Å²) in [6, 6.07) is 8.76. The fourth-order valence-corrected chi connectivity index (χ4v) is 3.09. The summed E-state index contributed by atoms with van der Waals surface area (Å²) in [6.07, 6.45) is 2.93.